The summed E-state index contributed by atoms with van der Waals surface area (Å²) in [5.74, 6) is 0. The van der Waals surface area contributed by atoms with Gasteiger partial charge in [-0.1, -0.05) is 13.3 Å². The quantitative estimate of drug-likeness (QED) is 0.397. The zero-order chi connectivity index (χ0) is 12.1. The standard InChI is InChI=1S/C14H29O.Na/c1-3-4-5-6-7-8-9-10-11-12-13-14(2)15;/h14-15H,2-13H2,1H3;. The second-order valence-corrected chi connectivity index (χ2v) is 5.85. The SMILES string of the molecule is CCCCCCCCCCCCC(O)[CH2][Na]. The van der Waals surface area contributed by atoms with Gasteiger partial charge in [-0.15, -0.1) is 0 Å². The van der Waals surface area contributed by atoms with Gasteiger partial charge in [-0.05, 0) is 0 Å². The molecule has 0 aromatic carbocycles. The number of aliphatic hydroxyl groups is 1. The van der Waals surface area contributed by atoms with E-state index < -0.39 is 0 Å². The second kappa shape index (κ2) is 14.0. The topological polar surface area (TPSA) is 20.2 Å². The molecule has 0 aromatic heterocycles. The van der Waals surface area contributed by atoms with E-state index in [9.17, 15) is 5.11 Å². The molecule has 0 bridgehead atoms. The van der Waals surface area contributed by atoms with Crippen LogP contribution in [0.5, 0.6) is 0 Å². The molecule has 1 atom stereocenters. The monoisotopic (exact) mass is 236 g/mol. The first-order chi connectivity index (χ1) is 7.81. The fourth-order valence-electron chi connectivity index (χ4n) is 2.07. The molecule has 1 N–H and O–H groups in total. The van der Waals surface area contributed by atoms with Gasteiger partial charge in [0.05, 0.1) is 0 Å². The summed E-state index contributed by atoms with van der Waals surface area (Å²) in [6.45, 7) is 2.27. The van der Waals surface area contributed by atoms with Crippen LogP contribution in [0.4, 0.5) is 0 Å². The molecule has 92 valence electrons. The summed E-state index contributed by atoms with van der Waals surface area (Å²) in [7, 11) is 0. The third kappa shape index (κ3) is 13.0. The van der Waals surface area contributed by atoms with Crippen LogP contribution in [0.2, 0.25) is 3.67 Å². The molecular formula is C14H29NaO. The Morgan fingerprint density at radius 3 is 1.69 bits per heavy atom. The van der Waals surface area contributed by atoms with Gasteiger partial charge in [0.25, 0.3) is 0 Å². The van der Waals surface area contributed by atoms with Crippen LogP contribution in [0.1, 0.15) is 77.6 Å². The number of hydrogen-bond donors (Lipinski definition) is 1. The Kier molecular flexibility index (Phi) is 14.9. The van der Waals surface area contributed by atoms with E-state index in [1.54, 1.807) is 0 Å². The molecule has 0 aromatic rings. The third-order valence-electron chi connectivity index (χ3n) is 3.36. The maximum absolute atomic E-state index is 9.42. The van der Waals surface area contributed by atoms with Crippen LogP contribution in [0, 0.1) is 0 Å². The van der Waals surface area contributed by atoms with E-state index in [0.29, 0.717) is 0 Å². The van der Waals surface area contributed by atoms with Crippen molar-refractivity contribution in [1.29, 1.82) is 0 Å². The van der Waals surface area contributed by atoms with Gasteiger partial charge in [-0.3, -0.25) is 0 Å². The average Bonchev–Trinajstić information content (AvgIpc) is 2.31. The Morgan fingerprint density at radius 2 is 1.25 bits per heavy atom. The number of unbranched alkanes of at least 4 members (excludes halogenated alkanes) is 9. The van der Waals surface area contributed by atoms with Crippen LogP contribution >= 0.6 is 0 Å². The molecule has 0 saturated heterocycles. The van der Waals surface area contributed by atoms with Gasteiger partial charge >= 0.3 is 107 Å². The van der Waals surface area contributed by atoms with Crippen molar-refractivity contribution in [3.63, 3.8) is 0 Å². The van der Waals surface area contributed by atoms with E-state index in [1.165, 1.54) is 64.2 Å². The van der Waals surface area contributed by atoms with Gasteiger partial charge in [-0.2, -0.15) is 0 Å². The Hall–Kier alpha value is 0.960. The Morgan fingerprint density at radius 1 is 0.812 bits per heavy atom. The molecule has 0 fully saturated rings. The molecule has 2 heteroatoms. The number of aliphatic hydroxyl groups excluding tert-OH is 1. The molecule has 1 unspecified atom stereocenters. The zero-order valence-corrected chi connectivity index (χ0v) is 13.5. The first kappa shape index (κ1) is 17.0. The molecule has 0 heterocycles. The second-order valence-electron chi connectivity index (χ2n) is 5.03. The molecule has 0 saturated carbocycles. The molecule has 0 aliphatic rings. The van der Waals surface area contributed by atoms with Gasteiger partial charge in [-0.25, -0.2) is 0 Å². The number of hydrogen-bond acceptors (Lipinski definition) is 1. The van der Waals surface area contributed by atoms with Crippen LogP contribution in [-0.2, 0) is 0 Å². The van der Waals surface area contributed by atoms with Gasteiger partial charge in [0.15, 0.2) is 0 Å². The Balaban J connectivity index is 2.93. The van der Waals surface area contributed by atoms with E-state index in [1.807, 2.05) is 0 Å². The first-order valence-corrected chi connectivity index (χ1v) is 8.90. The van der Waals surface area contributed by atoms with E-state index in [0.717, 1.165) is 38.0 Å². The minimum absolute atomic E-state index is 0.0145. The average molecular weight is 236 g/mol. The van der Waals surface area contributed by atoms with Crippen molar-refractivity contribution in [3.8, 4) is 0 Å². The fourth-order valence-corrected chi connectivity index (χ4v) is 2.48. The van der Waals surface area contributed by atoms with Gasteiger partial charge in [0.1, 0.15) is 0 Å². The van der Waals surface area contributed by atoms with Crippen LogP contribution in [0.3, 0.4) is 0 Å². The Labute approximate surface area is 120 Å². The van der Waals surface area contributed by atoms with Crippen LogP contribution < -0.4 is 0 Å². The molecule has 0 radical (unpaired) electrons. The summed E-state index contributed by atoms with van der Waals surface area (Å²) >= 11 is 1.14. The normalized spacial score (nSPS) is 13.0. The van der Waals surface area contributed by atoms with E-state index in [4.69, 9.17) is 0 Å². The first-order valence-electron chi connectivity index (χ1n) is 7.49. The summed E-state index contributed by atoms with van der Waals surface area (Å²) in [4.78, 5) is 0. The fraction of sp³-hybridized carbons (Fsp3) is 1.00. The minimum atomic E-state index is 0.0145. The van der Waals surface area contributed by atoms with Crippen molar-refractivity contribution >= 4 is 27.9 Å². The molecule has 0 amide bonds. The summed E-state index contributed by atoms with van der Waals surface area (Å²) in [6.07, 6.45) is 14.9. The van der Waals surface area contributed by atoms with Crippen LogP contribution in [0.15, 0.2) is 0 Å². The summed E-state index contributed by atoms with van der Waals surface area (Å²) < 4.78 is 1.05. The molecule has 0 aliphatic carbocycles. The van der Waals surface area contributed by atoms with Crippen molar-refractivity contribution in [2.24, 2.45) is 0 Å². The van der Waals surface area contributed by atoms with Gasteiger partial charge < -0.3 is 0 Å². The van der Waals surface area contributed by atoms with Gasteiger partial charge in [0.2, 0.25) is 0 Å². The molecule has 1 nitrogen and oxygen atoms in total. The zero-order valence-electron chi connectivity index (χ0n) is 11.5. The van der Waals surface area contributed by atoms with Crippen molar-refractivity contribution in [2.45, 2.75) is 87.3 Å². The van der Waals surface area contributed by atoms with Crippen LogP contribution in [0.25, 0.3) is 0 Å². The molecular weight excluding hydrogens is 207 g/mol. The van der Waals surface area contributed by atoms with E-state index in [-0.39, 0.29) is 6.10 Å². The van der Waals surface area contributed by atoms with E-state index >= 15 is 0 Å². The predicted molar refractivity (Wildman–Crippen MR) is 73.0 cm³/mol. The van der Waals surface area contributed by atoms with Crippen molar-refractivity contribution in [1.82, 2.24) is 0 Å². The molecule has 0 spiro atoms. The number of rotatable bonds is 12. The summed E-state index contributed by atoms with van der Waals surface area (Å²) in [6, 6.07) is 0. The van der Waals surface area contributed by atoms with Crippen LogP contribution in [-0.4, -0.2) is 39.1 Å². The summed E-state index contributed by atoms with van der Waals surface area (Å²) in [5, 5.41) is 9.42. The Bertz CT molecular complexity index is 128. The van der Waals surface area contributed by atoms with E-state index in [2.05, 4.69) is 6.92 Å². The van der Waals surface area contributed by atoms with Crippen molar-refractivity contribution in [3.05, 3.63) is 0 Å². The third-order valence-corrected chi connectivity index (χ3v) is 4.30. The van der Waals surface area contributed by atoms with Gasteiger partial charge in [0, 0.05) is 0 Å². The molecule has 0 rings (SSSR count). The molecule has 16 heavy (non-hydrogen) atoms. The summed E-state index contributed by atoms with van der Waals surface area (Å²) in [5.41, 5.74) is 0. The maximum atomic E-state index is 9.42. The predicted octanol–water partition coefficient (Wildman–Crippen LogP) is 4.25. The molecule has 0 aliphatic heterocycles. The van der Waals surface area contributed by atoms with Crippen molar-refractivity contribution < 1.29 is 5.11 Å². The van der Waals surface area contributed by atoms with Crippen molar-refractivity contribution in [2.75, 3.05) is 0 Å².